The number of nitro groups is 1. The number of aromatic nitrogens is 3. The first kappa shape index (κ1) is 16.0. The van der Waals surface area contributed by atoms with E-state index in [1.165, 1.54) is 6.07 Å². The molecule has 0 aliphatic rings. The molecule has 0 saturated carbocycles. The number of benzene rings is 1. The maximum atomic E-state index is 11.2. The molecule has 0 amide bonds. The van der Waals surface area contributed by atoms with Crippen LogP contribution in [-0.4, -0.2) is 26.1 Å². The summed E-state index contributed by atoms with van der Waals surface area (Å²) in [6.45, 7) is 3.91. The second kappa shape index (κ2) is 6.32. The molecule has 0 fully saturated rings. The number of rotatable bonds is 5. The van der Waals surface area contributed by atoms with Gasteiger partial charge in [0.05, 0.1) is 17.7 Å². The lowest BCUT2D eigenvalue weighted by molar-refractivity contribution is -0.385. The van der Waals surface area contributed by atoms with Crippen LogP contribution in [0.3, 0.4) is 0 Å². The van der Waals surface area contributed by atoms with E-state index in [0.717, 1.165) is 0 Å². The van der Waals surface area contributed by atoms with Gasteiger partial charge in [0, 0.05) is 23.4 Å². The average molecular weight is 348 g/mol. The minimum Gasteiger partial charge on any atom is -0.487 e. The van der Waals surface area contributed by atoms with Crippen molar-refractivity contribution >= 4 is 34.4 Å². The number of anilines is 2. The molecular formula is C15H14ClN5O3. The van der Waals surface area contributed by atoms with Gasteiger partial charge in [0.25, 0.3) is 0 Å². The van der Waals surface area contributed by atoms with Crippen molar-refractivity contribution in [2.24, 2.45) is 0 Å². The van der Waals surface area contributed by atoms with E-state index in [1.807, 2.05) is 0 Å². The Labute approximate surface area is 142 Å². The molecule has 0 aliphatic carbocycles. The van der Waals surface area contributed by atoms with Gasteiger partial charge in [-0.2, -0.15) is 9.61 Å². The molecule has 3 rings (SSSR count). The first-order chi connectivity index (χ1) is 11.5. The molecule has 0 unspecified atom stereocenters. The third-order valence-electron chi connectivity index (χ3n) is 3.43. The summed E-state index contributed by atoms with van der Waals surface area (Å²) in [5, 5.41) is 18.9. The van der Waals surface area contributed by atoms with Crippen LogP contribution in [0.1, 0.15) is 12.5 Å². The molecule has 24 heavy (non-hydrogen) atoms. The first-order valence-corrected chi connectivity index (χ1v) is 7.57. The van der Waals surface area contributed by atoms with Gasteiger partial charge in [-0.15, -0.1) is 0 Å². The van der Waals surface area contributed by atoms with Gasteiger partial charge < -0.3 is 10.1 Å². The van der Waals surface area contributed by atoms with Gasteiger partial charge in [-0.1, -0.05) is 11.6 Å². The zero-order valence-electron chi connectivity index (χ0n) is 13.0. The van der Waals surface area contributed by atoms with Crippen molar-refractivity contribution in [3.8, 4) is 5.75 Å². The van der Waals surface area contributed by atoms with Crippen molar-refractivity contribution in [2.45, 2.75) is 13.8 Å². The highest BCUT2D eigenvalue weighted by Crippen LogP contribution is 2.32. The third-order valence-corrected chi connectivity index (χ3v) is 3.80. The fraction of sp³-hybridized carbons (Fsp3) is 0.200. The van der Waals surface area contributed by atoms with Crippen LogP contribution in [0.4, 0.5) is 17.2 Å². The lowest BCUT2D eigenvalue weighted by Gasteiger charge is -2.13. The van der Waals surface area contributed by atoms with Crippen LogP contribution in [0.5, 0.6) is 5.75 Å². The van der Waals surface area contributed by atoms with E-state index in [9.17, 15) is 10.1 Å². The van der Waals surface area contributed by atoms with E-state index in [2.05, 4.69) is 15.4 Å². The topological polar surface area (TPSA) is 94.6 Å². The highest BCUT2D eigenvalue weighted by Gasteiger charge is 2.17. The Balaban J connectivity index is 2.06. The number of hydrogen-bond acceptors (Lipinski definition) is 6. The van der Waals surface area contributed by atoms with E-state index < -0.39 is 4.92 Å². The number of nitrogens with zero attached hydrogens (tertiary/aromatic N) is 4. The van der Waals surface area contributed by atoms with Crippen LogP contribution < -0.4 is 10.1 Å². The second-order valence-electron chi connectivity index (χ2n) is 4.98. The van der Waals surface area contributed by atoms with E-state index in [-0.39, 0.29) is 11.4 Å². The van der Waals surface area contributed by atoms with Gasteiger partial charge in [0.2, 0.25) is 0 Å². The molecule has 2 aromatic heterocycles. The third kappa shape index (κ3) is 2.83. The number of fused-ring (bicyclic) bond motifs is 1. The first-order valence-electron chi connectivity index (χ1n) is 7.19. The van der Waals surface area contributed by atoms with Crippen molar-refractivity contribution in [1.82, 2.24) is 14.6 Å². The average Bonchev–Trinajstić information content (AvgIpc) is 3.01. The smallest absolute Gasteiger partial charge is 0.312 e. The Bertz CT molecular complexity index is 925. The van der Waals surface area contributed by atoms with Crippen molar-refractivity contribution < 1.29 is 9.66 Å². The van der Waals surface area contributed by atoms with Crippen molar-refractivity contribution in [3.05, 3.63) is 51.3 Å². The Kier molecular flexibility index (Phi) is 4.22. The van der Waals surface area contributed by atoms with Crippen molar-refractivity contribution in [1.29, 1.82) is 0 Å². The minimum atomic E-state index is -0.480. The Morgan fingerprint density at radius 3 is 2.92 bits per heavy atom. The summed E-state index contributed by atoms with van der Waals surface area (Å²) in [6.07, 6.45) is 1.60. The maximum Gasteiger partial charge on any atom is 0.312 e. The predicted octanol–water partition coefficient (Wildman–Crippen LogP) is 3.74. The molecule has 3 aromatic rings. The SMILES string of the molecule is CCOc1ccc(Nc2c(C)c(Cl)nc3ccnn23)cc1[N+](=O)[O-]. The molecule has 0 bridgehead atoms. The standard InChI is InChI=1S/C15H14ClN5O3/c1-3-24-12-5-4-10(8-11(12)21(22)23)18-15-9(2)14(16)19-13-6-7-17-20(13)15/h4-8,18H,3H2,1-2H3. The molecule has 8 nitrogen and oxygen atoms in total. The molecule has 0 aliphatic heterocycles. The Morgan fingerprint density at radius 2 is 2.21 bits per heavy atom. The molecule has 9 heteroatoms. The van der Waals surface area contributed by atoms with E-state index >= 15 is 0 Å². The van der Waals surface area contributed by atoms with Crippen LogP contribution in [-0.2, 0) is 0 Å². The largest absolute Gasteiger partial charge is 0.487 e. The van der Waals surface area contributed by atoms with Crippen molar-refractivity contribution in [3.63, 3.8) is 0 Å². The number of nitro benzene ring substituents is 1. The normalized spacial score (nSPS) is 10.8. The van der Waals surface area contributed by atoms with Crippen LogP contribution in [0.2, 0.25) is 5.15 Å². The van der Waals surface area contributed by atoms with Gasteiger partial charge in [-0.05, 0) is 26.0 Å². The lowest BCUT2D eigenvalue weighted by Crippen LogP contribution is -2.05. The molecule has 0 atom stereocenters. The summed E-state index contributed by atoms with van der Waals surface area (Å²) in [7, 11) is 0. The quantitative estimate of drug-likeness (QED) is 0.429. The highest BCUT2D eigenvalue weighted by molar-refractivity contribution is 6.30. The van der Waals surface area contributed by atoms with Gasteiger partial charge in [-0.3, -0.25) is 10.1 Å². The van der Waals surface area contributed by atoms with E-state index in [1.54, 1.807) is 42.8 Å². The zero-order chi connectivity index (χ0) is 17.3. The Morgan fingerprint density at radius 1 is 1.42 bits per heavy atom. The zero-order valence-corrected chi connectivity index (χ0v) is 13.7. The lowest BCUT2D eigenvalue weighted by atomic mass is 10.2. The molecule has 124 valence electrons. The maximum absolute atomic E-state index is 11.2. The predicted molar refractivity (Wildman–Crippen MR) is 90.3 cm³/mol. The van der Waals surface area contributed by atoms with E-state index in [0.29, 0.717) is 34.5 Å². The summed E-state index contributed by atoms with van der Waals surface area (Å²) >= 11 is 6.14. The fourth-order valence-electron chi connectivity index (χ4n) is 2.29. The molecule has 2 heterocycles. The molecule has 0 radical (unpaired) electrons. The molecule has 1 N–H and O–H groups in total. The van der Waals surface area contributed by atoms with Crippen LogP contribution in [0, 0.1) is 17.0 Å². The van der Waals surface area contributed by atoms with Crippen molar-refractivity contribution in [2.75, 3.05) is 11.9 Å². The van der Waals surface area contributed by atoms with Gasteiger partial charge in [0.15, 0.2) is 11.4 Å². The van der Waals surface area contributed by atoms with Crippen LogP contribution >= 0.6 is 11.6 Å². The van der Waals surface area contributed by atoms with Gasteiger partial charge in [0.1, 0.15) is 11.0 Å². The summed E-state index contributed by atoms with van der Waals surface area (Å²) in [5.74, 6) is 0.815. The van der Waals surface area contributed by atoms with Gasteiger partial charge in [-0.25, -0.2) is 4.98 Å². The number of nitrogens with one attached hydrogen (secondary N) is 1. The van der Waals surface area contributed by atoms with Crippen LogP contribution in [0.15, 0.2) is 30.5 Å². The Hall–Kier alpha value is -2.87. The number of halogens is 1. The molecule has 0 spiro atoms. The summed E-state index contributed by atoms with van der Waals surface area (Å²) in [6, 6.07) is 6.38. The monoisotopic (exact) mass is 347 g/mol. The molecular weight excluding hydrogens is 334 g/mol. The number of hydrogen-bond donors (Lipinski definition) is 1. The summed E-state index contributed by atoms with van der Waals surface area (Å²) < 4.78 is 6.87. The van der Waals surface area contributed by atoms with Gasteiger partial charge >= 0.3 is 5.69 Å². The highest BCUT2D eigenvalue weighted by atomic mass is 35.5. The fourth-order valence-corrected chi connectivity index (χ4v) is 2.47. The molecule has 1 aromatic carbocycles. The second-order valence-corrected chi connectivity index (χ2v) is 5.33. The van der Waals surface area contributed by atoms with Crippen LogP contribution in [0.25, 0.3) is 5.65 Å². The summed E-state index contributed by atoms with van der Waals surface area (Å²) in [4.78, 5) is 15.0. The molecule has 0 saturated heterocycles. The van der Waals surface area contributed by atoms with E-state index in [4.69, 9.17) is 16.3 Å². The summed E-state index contributed by atoms with van der Waals surface area (Å²) in [5.41, 5.74) is 1.67. The minimum absolute atomic E-state index is 0.114. The number of ether oxygens (including phenoxy) is 1.